The summed E-state index contributed by atoms with van der Waals surface area (Å²) < 4.78 is 5.40. The lowest BCUT2D eigenvalue weighted by Crippen LogP contribution is -2.51. The summed E-state index contributed by atoms with van der Waals surface area (Å²) >= 11 is 11.8. The van der Waals surface area contributed by atoms with Crippen molar-refractivity contribution in [3.05, 3.63) is 64.3 Å². The predicted molar refractivity (Wildman–Crippen MR) is 107 cm³/mol. The van der Waals surface area contributed by atoms with Gasteiger partial charge in [-0.2, -0.15) is 0 Å². The SMILES string of the molecule is O=C(Nc1cc(Cl)ccc1Cl)C(=O)N[C@@H](Cc1coc2ccccc12)B(O)O. The minimum atomic E-state index is -1.89. The largest absolute Gasteiger partial charge is 0.475 e. The van der Waals surface area contributed by atoms with E-state index in [9.17, 15) is 19.6 Å². The number of amides is 2. The van der Waals surface area contributed by atoms with Crippen molar-refractivity contribution in [2.75, 3.05) is 5.32 Å². The smallest absolute Gasteiger partial charge is 0.464 e. The Hall–Kier alpha value is -2.52. The van der Waals surface area contributed by atoms with Crippen LogP contribution in [0.4, 0.5) is 5.69 Å². The first-order chi connectivity index (χ1) is 13.3. The Morgan fingerprint density at radius 2 is 1.86 bits per heavy atom. The zero-order chi connectivity index (χ0) is 20.3. The van der Waals surface area contributed by atoms with E-state index in [-0.39, 0.29) is 17.1 Å². The van der Waals surface area contributed by atoms with Gasteiger partial charge >= 0.3 is 18.9 Å². The van der Waals surface area contributed by atoms with Crippen molar-refractivity contribution < 1.29 is 24.1 Å². The summed E-state index contributed by atoms with van der Waals surface area (Å²) in [6, 6.07) is 11.6. The van der Waals surface area contributed by atoms with Crippen LogP contribution in [-0.2, 0) is 16.0 Å². The van der Waals surface area contributed by atoms with Gasteiger partial charge in [-0.25, -0.2) is 0 Å². The van der Waals surface area contributed by atoms with Crippen molar-refractivity contribution >= 4 is 58.8 Å². The van der Waals surface area contributed by atoms with E-state index in [2.05, 4.69) is 10.6 Å². The number of fused-ring (bicyclic) bond motifs is 1. The van der Waals surface area contributed by atoms with Gasteiger partial charge in [-0.05, 0) is 36.2 Å². The van der Waals surface area contributed by atoms with Crippen LogP contribution >= 0.6 is 23.2 Å². The van der Waals surface area contributed by atoms with E-state index < -0.39 is 24.9 Å². The van der Waals surface area contributed by atoms with E-state index in [1.165, 1.54) is 24.5 Å². The fourth-order valence-electron chi connectivity index (χ4n) is 2.67. The lowest BCUT2D eigenvalue weighted by molar-refractivity contribution is -0.136. The maximum Gasteiger partial charge on any atom is 0.475 e. The summed E-state index contributed by atoms with van der Waals surface area (Å²) in [5.74, 6) is -3.21. The number of rotatable bonds is 5. The first-order valence-electron chi connectivity index (χ1n) is 8.23. The average molecular weight is 421 g/mol. The van der Waals surface area contributed by atoms with Gasteiger partial charge < -0.3 is 25.1 Å². The lowest BCUT2D eigenvalue weighted by Gasteiger charge is -2.17. The molecule has 1 atom stereocenters. The van der Waals surface area contributed by atoms with Gasteiger partial charge in [-0.15, -0.1) is 0 Å². The van der Waals surface area contributed by atoms with Crippen LogP contribution in [0.15, 0.2) is 53.1 Å². The molecule has 0 saturated carbocycles. The van der Waals surface area contributed by atoms with Crippen molar-refractivity contribution in [3.8, 4) is 0 Å². The lowest BCUT2D eigenvalue weighted by atomic mass is 9.76. The zero-order valence-corrected chi connectivity index (χ0v) is 15.9. The molecule has 3 rings (SSSR count). The Morgan fingerprint density at radius 1 is 1.11 bits per heavy atom. The molecule has 7 nitrogen and oxygen atoms in total. The highest BCUT2D eigenvalue weighted by Crippen LogP contribution is 2.25. The van der Waals surface area contributed by atoms with Crippen molar-refractivity contribution in [1.82, 2.24) is 5.32 Å². The number of hydrogen-bond donors (Lipinski definition) is 4. The van der Waals surface area contributed by atoms with Crippen molar-refractivity contribution in [3.63, 3.8) is 0 Å². The number of para-hydroxylation sites is 1. The molecule has 28 heavy (non-hydrogen) atoms. The highest BCUT2D eigenvalue weighted by molar-refractivity contribution is 6.47. The third-order valence-corrected chi connectivity index (χ3v) is 4.62. The van der Waals surface area contributed by atoms with Crippen molar-refractivity contribution in [2.24, 2.45) is 0 Å². The molecule has 3 aromatic rings. The maximum atomic E-state index is 12.2. The van der Waals surface area contributed by atoms with E-state index in [0.717, 1.165) is 5.39 Å². The van der Waals surface area contributed by atoms with E-state index >= 15 is 0 Å². The van der Waals surface area contributed by atoms with Gasteiger partial charge in [0.05, 0.1) is 22.9 Å². The molecule has 0 aliphatic carbocycles. The third-order valence-electron chi connectivity index (χ3n) is 4.06. The molecular weight excluding hydrogens is 406 g/mol. The summed E-state index contributed by atoms with van der Waals surface area (Å²) in [4.78, 5) is 24.3. The number of hydrogen-bond acceptors (Lipinski definition) is 5. The monoisotopic (exact) mass is 420 g/mol. The fourth-order valence-corrected chi connectivity index (χ4v) is 3.00. The number of carbonyl (C=O) groups excluding carboxylic acids is 2. The van der Waals surface area contributed by atoms with Gasteiger partial charge in [0.15, 0.2) is 0 Å². The van der Waals surface area contributed by atoms with E-state index in [1.807, 2.05) is 12.1 Å². The zero-order valence-electron chi connectivity index (χ0n) is 14.4. The molecule has 2 amide bonds. The molecule has 0 saturated heterocycles. The number of nitrogens with one attached hydrogen (secondary N) is 2. The number of furan rings is 1. The molecule has 4 N–H and O–H groups in total. The third kappa shape index (κ3) is 4.66. The van der Waals surface area contributed by atoms with Gasteiger partial charge in [0, 0.05) is 10.4 Å². The summed E-state index contributed by atoms with van der Waals surface area (Å²) in [5, 5.41) is 25.2. The van der Waals surface area contributed by atoms with Gasteiger partial charge in [0.1, 0.15) is 5.58 Å². The molecule has 0 spiro atoms. The van der Waals surface area contributed by atoms with E-state index in [4.69, 9.17) is 27.6 Å². The summed E-state index contributed by atoms with van der Waals surface area (Å²) in [6.07, 6.45) is 1.52. The highest BCUT2D eigenvalue weighted by atomic mass is 35.5. The van der Waals surface area contributed by atoms with Crippen LogP contribution in [0.5, 0.6) is 0 Å². The molecule has 10 heteroatoms. The van der Waals surface area contributed by atoms with Crippen LogP contribution < -0.4 is 10.6 Å². The first-order valence-corrected chi connectivity index (χ1v) is 8.99. The quantitative estimate of drug-likeness (QED) is 0.374. The minimum absolute atomic E-state index is 0.0472. The Bertz CT molecular complexity index is 1020. The van der Waals surface area contributed by atoms with E-state index in [1.54, 1.807) is 12.1 Å². The average Bonchev–Trinajstić information content (AvgIpc) is 3.07. The number of carbonyl (C=O) groups is 2. The van der Waals surface area contributed by atoms with Crippen LogP contribution in [0.3, 0.4) is 0 Å². The predicted octanol–water partition coefficient (Wildman–Crippen LogP) is 2.42. The Kier molecular flexibility index (Phi) is 6.26. The second-order valence-electron chi connectivity index (χ2n) is 6.03. The second kappa shape index (κ2) is 8.66. The number of halogens is 2. The van der Waals surface area contributed by atoms with Crippen LogP contribution in [-0.4, -0.2) is 34.9 Å². The minimum Gasteiger partial charge on any atom is -0.464 e. The van der Waals surface area contributed by atoms with Gasteiger partial charge in [0.25, 0.3) is 0 Å². The van der Waals surface area contributed by atoms with Gasteiger partial charge in [-0.3, -0.25) is 9.59 Å². The standard InChI is InChI=1S/C18H15BCl2N2O5/c20-11-5-6-13(21)14(8-11)22-17(24)18(25)23-16(19(26)27)7-10-9-28-15-4-2-1-3-12(10)15/h1-6,8-9,16,26-27H,7H2,(H,22,24)(H,23,25)/t16-/m0/s1. The molecule has 1 heterocycles. The molecule has 0 aliphatic rings. The molecule has 0 unspecified atom stereocenters. The molecule has 0 fully saturated rings. The van der Waals surface area contributed by atoms with Crippen LogP contribution in [0.1, 0.15) is 5.56 Å². The summed E-state index contributed by atoms with van der Waals surface area (Å²) in [7, 11) is -1.89. The molecule has 1 aromatic heterocycles. The molecule has 0 bridgehead atoms. The summed E-state index contributed by atoms with van der Waals surface area (Å²) in [6.45, 7) is 0. The van der Waals surface area contributed by atoms with Crippen molar-refractivity contribution in [2.45, 2.75) is 12.4 Å². The van der Waals surface area contributed by atoms with Gasteiger partial charge in [0.2, 0.25) is 0 Å². The van der Waals surface area contributed by atoms with Gasteiger partial charge in [-0.1, -0.05) is 41.4 Å². The second-order valence-corrected chi connectivity index (χ2v) is 6.88. The topological polar surface area (TPSA) is 112 Å². The first kappa shape index (κ1) is 20.2. The fraction of sp³-hybridized carbons (Fsp3) is 0.111. The normalized spacial score (nSPS) is 11.9. The molecule has 144 valence electrons. The Balaban J connectivity index is 1.70. The number of benzene rings is 2. The molecule has 0 aliphatic heterocycles. The van der Waals surface area contributed by atoms with Crippen LogP contribution in [0.2, 0.25) is 10.0 Å². The Morgan fingerprint density at radius 3 is 2.61 bits per heavy atom. The summed E-state index contributed by atoms with van der Waals surface area (Å²) in [5.41, 5.74) is 1.45. The van der Waals surface area contributed by atoms with Crippen molar-refractivity contribution in [1.29, 1.82) is 0 Å². The van der Waals surface area contributed by atoms with Crippen LogP contribution in [0, 0.1) is 0 Å². The van der Waals surface area contributed by atoms with E-state index in [0.29, 0.717) is 16.2 Å². The highest BCUT2D eigenvalue weighted by Gasteiger charge is 2.29. The molecular formula is C18H15BCl2N2O5. The Labute approximate surface area is 170 Å². The number of anilines is 1. The molecule has 2 aromatic carbocycles. The molecule has 0 radical (unpaired) electrons. The van der Waals surface area contributed by atoms with Crippen LogP contribution in [0.25, 0.3) is 11.0 Å². The maximum absolute atomic E-state index is 12.2.